The van der Waals surface area contributed by atoms with Crippen molar-refractivity contribution in [2.24, 2.45) is 0 Å². The van der Waals surface area contributed by atoms with Gasteiger partial charge in [0.25, 0.3) is 15.0 Å². The number of benzene rings is 1. The third-order valence-electron chi connectivity index (χ3n) is 1.92. The predicted octanol–water partition coefficient (Wildman–Crippen LogP) is 2.62. The van der Waals surface area contributed by atoms with E-state index >= 15 is 0 Å². The summed E-state index contributed by atoms with van der Waals surface area (Å²) in [4.78, 5) is 12.7. The van der Waals surface area contributed by atoms with Crippen molar-refractivity contribution in [1.29, 1.82) is 0 Å². The van der Waals surface area contributed by atoms with Crippen molar-refractivity contribution >= 4 is 48.8 Å². The fraction of sp³-hybridized carbons (Fsp3) is 0.222. The van der Waals surface area contributed by atoms with E-state index in [4.69, 9.17) is 33.9 Å². The maximum absolute atomic E-state index is 11.7. The molecule has 1 aromatic carbocycles. The fourth-order valence-electron chi connectivity index (χ4n) is 1.10. The molecule has 1 aromatic rings. The van der Waals surface area contributed by atoms with Gasteiger partial charge in [0.15, 0.2) is 0 Å². The molecule has 1 rings (SSSR count). The quantitative estimate of drug-likeness (QED) is 0.788. The molecule has 0 radical (unpaired) electrons. The molecule has 0 fully saturated rings. The van der Waals surface area contributed by atoms with Gasteiger partial charge in [0.1, 0.15) is 0 Å². The molecule has 0 spiro atoms. The van der Waals surface area contributed by atoms with Crippen LogP contribution in [-0.4, -0.2) is 33.3 Å². The first-order chi connectivity index (χ1) is 7.64. The van der Waals surface area contributed by atoms with Gasteiger partial charge in [-0.15, -0.1) is 0 Å². The molecule has 0 aliphatic carbocycles. The number of halogens is 3. The minimum Gasteiger partial charge on any atom is -0.345 e. The van der Waals surface area contributed by atoms with E-state index in [1.165, 1.54) is 19.0 Å². The van der Waals surface area contributed by atoms with Crippen LogP contribution in [0.3, 0.4) is 0 Å². The molecule has 0 atom stereocenters. The predicted molar refractivity (Wildman–Crippen MR) is 67.5 cm³/mol. The normalized spacial score (nSPS) is 11.4. The van der Waals surface area contributed by atoms with E-state index in [2.05, 4.69) is 0 Å². The molecule has 0 heterocycles. The topological polar surface area (TPSA) is 54.5 Å². The summed E-state index contributed by atoms with van der Waals surface area (Å²) >= 11 is 11.6. The maximum Gasteiger partial charge on any atom is 0.261 e. The lowest BCUT2D eigenvalue weighted by Gasteiger charge is -2.13. The zero-order valence-corrected chi connectivity index (χ0v) is 12.0. The molecule has 0 aliphatic heterocycles. The molecule has 1 amide bonds. The average molecular weight is 317 g/mol. The summed E-state index contributed by atoms with van der Waals surface area (Å²) in [6.45, 7) is 0. The average Bonchev–Trinajstić information content (AvgIpc) is 2.19. The first-order valence-corrected chi connectivity index (χ1v) is 7.36. The van der Waals surface area contributed by atoms with Gasteiger partial charge in [0, 0.05) is 24.8 Å². The van der Waals surface area contributed by atoms with Gasteiger partial charge in [-0.3, -0.25) is 4.79 Å². The molecule has 0 saturated carbocycles. The Balaban J connectivity index is 3.51. The maximum atomic E-state index is 11.7. The Morgan fingerprint density at radius 2 is 1.76 bits per heavy atom. The van der Waals surface area contributed by atoms with Crippen LogP contribution in [0.15, 0.2) is 17.0 Å². The monoisotopic (exact) mass is 315 g/mol. The number of hydrogen-bond donors (Lipinski definition) is 0. The standard InChI is InChI=1S/C9H8Cl3NO3S/c1-13(2)9(14)6-3-5(17(12,15)16)4-7(10)8(6)11/h3-4H,1-2H3. The van der Waals surface area contributed by atoms with Crippen LogP contribution >= 0.6 is 33.9 Å². The van der Waals surface area contributed by atoms with Crippen molar-refractivity contribution in [3.8, 4) is 0 Å². The molecular weight excluding hydrogens is 309 g/mol. The Morgan fingerprint density at radius 3 is 2.18 bits per heavy atom. The van der Waals surface area contributed by atoms with E-state index in [-0.39, 0.29) is 20.5 Å². The number of nitrogens with zero attached hydrogens (tertiary/aromatic N) is 1. The van der Waals surface area contributed by atoms with E-state index in [1.807, 2.05) is 0 Å². The number of amides is 1. The smallest absolute Gasteiger partial charge is 0.261 e. The minimum atomic E-state index is -3.97. The Bertz CT molecular complexity index is 569. The van der Waals surface area contributed by atoms with Crippen molar-refractivity contribution < 1.29 is 13.2 Å². The summed E-state index contributed by atoms with van der Waals surface area (Å²) in [6, 6.07) is 2.19. The molecule has 17 heavy (non-hydrogen) atoms. The van der Waals surface area contributed by atoms with E-state index in [0.29, 0.717) is 0 Å². The number of carbonyl (C=O) groups excluding carboxylic acids is 1. The molecule has 0 saturated heterocycles. The van der Waals surface area contributed by atoms with Gasteiger partial charge in [-0.25, -0.2) is 8.42 Å². The summed E-state index contributed by atoms with van der Waals surface area (Å²) in [5.74, 6) is -0.459. The van der Waals surface area contributed by atoms with Gasteiger partial charge >= 0.3 is 0 Å². The number of rotatable bonds is 2. The minimum absolute atomic E-state index is 0.00515. The summed E-state index contributed by atoms with van der Waals surface area (Å²) in [5, 5.41) is -0.0481. The molecule has 0 unspecified atom stereocenters. The van der Waals surface area contributed by atoms with Gasteiger partial charge in [0.05, 0.1) is 20.5 Å². The van der Waals surface area contributed by atoms with Crippen LogP contribution in [0.25, 0.3) is 0 Å². The lowest BCUT2D eigenvalue weighted by molar-refractivity contribution is 0.0827. The van der Waals surface area contributed by atoms with Crippen LogP contribution in [0.4, 0.5) is 0 Å². The van der Waals surface area contributed by atoms with Crippen LogP contribution in [0.5, 0.6) is 0 Å². The lowest BCUT2D eigenvalue weighted by Crippen LogP contribution is -2.22. The van der Waals surface area contributed by atoms with Crippen LogP contribution in [0.1, 0.15) is 10.4 Å². The van der Waals surface area contributed by atoms with E-state index in [9.17, 15) is 13.2 Å². The molecule has 94 valence electrons. The third-order valence-corrected chi connectivity index (χ3v) is 4.06. The Hall–Kier alpha value is -0.490. The summed E-state index contributed by atoms with van der Waals surface area (Å²) in [7, 11) is 4.24. The van der Waals surface area contributed by atoms with Gasteiger partial charge in [-0.1, -0.05) is 23.2 Å². The zero-order chi connectivity index (χ0) is 13.4. The molecule has 8 heteroatoms. The zero-order valence-electron chi connectivity index (χ0n) is 8.87. The van der Waals surface area contributed by atoms with E-state index in [1.54, 1.807) is 0 Å². The highest BCUT2D eigenvalue weighted by Crippen LogP contribution is 2.31. The van der Waals surface area contributed by atoms with Crippen molar-refractivity contribution in [2.75, 3.05) is 14.1 Å². The van der Waals surface area contributed by atoms with Gasteiger partial charge in [-0.05, 0) is 12.1 Å². The second-order valence-electron chi connectivity index (χ2n) is 3.40. The summed E-state index contributed by atoms with van der Waals surface area (Å²) in [6.07, 6.45) is 0. The van der Waals surface area contributed by atoms with Crippen LogP contribution in [-0.2, 0) is 9.05 Å². The van der Waals surface area contributed by atoms with Gasteiger partial charge in [0.2, 0.25) is 0 Å². The summed E-state index contributed by atoms with van der Waals surface area (Å²) in [5.41, 5.74) is -0.0107. The molecule has 0 aliphatic rings. The number of hydrogen-bond acceptors (Lipinski definition) is 3. The summed E-state index contributed by atoms with van der Waals surface area (Å²) < 4.78 is 22.4. The molecule has 0 bridgehead atoms. The van der Waals surface area contributed by atoms with E-state index < -0.39 is 15.0 Å². The van der Waals surface area contributed by atoms with Gasteiger partial charge in [-0.2, -0.15) is 0 Å². The second-order valence-corrected chi connectivity index (χ2v) is 6.76. The highest BCUT2D eigenvalue weighted by atomic mass is 35.7. The third kappa shape index (κ3) is 3.25. The van der Waals surface area contributed by atoms with Crippen molar-refractivity contribution in [2.45, 2.75) is 4.90 Å². The van der Waals surface area contributed by atoms with Gasteiger partial charge < -0.3 is 4.90 Å². The number of carbonyl (C=O) groups is 1. The molecule has 4 nitrogen and oxygen atoms in total. The van der Waals surface area contributed by atoms with Crippen molar-refractivity contribution in [3.63, 3.8) is 0 Å². The first-order valence-electron chi connectivity index (χ1n) is 4.30. The van der Waals surface area contributed by atoms with E-state index in [0.717, 1.165) is 12.1 Å². The second kappa shape index (κ2) is 5.02. The highest BCUT2D eigenvalue weighted by molar-refractivity contribution is 8.13. The molecule has 0 N–H and O–H groups in total. The Kier molecular flexibility index (Phi) is 4.30. The first kappa shape index (κ1) is 14.6. The Labute approximate surface area is 113 Å². The molecular formula is C9H8Cl3NO3S. The Morgan fingerprint density at radius 1 is 1.24 bits per heavy atom. The van der Waals surface area contributed by atoms with Crippen LogP contribution in [0.2, 0.25) is 10.0 Å². The SMILES string of the molecule is CN(C)C(=O)c1cc(S(=O)(=O)Cl)cc(Cl)c1Cl. The van der Waals surface area contributed by atoms with Crippen LogP contribution < -0.4 is 0 Å². The molecule has 0 aromatic heterocycles. The van der Waals surface area contributed by atoms with Crippen molar-refractivity contribution in [1.82, 2.24) is 4.90 Å². The lowest BCUT2D eigenvalue weighted by atomic mass is 10.2. The van der Waals surface area contributed by atoms with Crippen LogP contribution in [0, 0.1) is 0 Å². The highest BCUT2D eigenvalue weighted by Gasteiger charge is 2.20. The van der Waals surface area contributed by atoms with Crippen molar-refractivity contribution in [3.05, 3.63) is 27.7 Å². The fourth-order valence-corrected chi connectivity index (χ4v) is 2.36. The largest absolute Gasteiger partial charge is 0.345 e.